The number of amides is 1. The van der Waals surface area contributed by atoms with Crippen molar-refractivity contribution in [3.63, 3.8) is 0 Å². The second-order valence-electron chi connectivity index (χ2n) is 6.40. The third-order valence-electron chi connectivity index (χ3n) is 4.48. The molecule has 3 nitrogen and oxygen atoms in total. The highest BCUT2D eigenvalue weighted by atomic mass is 16.3. The molecule has 0 saturated carbocycles. The normalized spacial score (nSPS) is 22.9. The van der Waals surface area contributed by atoms with Gasteiger partial charge in [0.15, 0.2) is 0 Å². The number of aliphatic hydroxyl groups is 1. The number of hydrogen-bond acceptors (Lipinski definition) is 2. The van der Waals surface area contributed by atoms with Crippen molar-refractivity contribution in [2.75, 3.05) is 13.1 Å². The Labute approximate surface area is 128 Å². The van der Waals surface area contributed by atoms with Crippen LogP contribution in [0.3, 0.4) is 0 Å². The molecule has 1 aliphatic rings. The van der Waals surface area contributed by atoms with Gasteiger partial charge in [-0.2, -0.15) is 0 Å². The lowest BCUT2D eigenvalue weighted by Crippen LogP contribution is -2.33. The zero-order valence-electron chi connectivity index (χ0n) is 13.3. The third-order valence-corrected chi connectivity index (χ3v) is 4.48. The van der Waals surface area contributed by atoms with Crippen LogP contribution in [0.1, 0.15) is 50.7 Å². The predicted octanol–water partition coefficient (Wildman–Crippen LogP) is 2.95. The van der Waals surface area contributed by atoms with E-state index >= 15 is 0 Å². The van der Waals surface area contributed by atoms with E-state index in [2.05, 4.69) is 31.2 Å². The maximum absolute atomic E-state index is 12.3. The number of carbonyl (C=O) groups is 1. The molecule has 1 aliphatic heterocycles. The summed E-state index contributed by atoms with van der Waals surface area (Å²) in [7, 11) is 0. The van der Waals surface area contributed by atoms with Crippen LogP contribution in [0.25, 0.3) is 0 Å². The summed E-state index contributed by atoms with van der Waals surface area (Å²) in [5.41, 5.74) is 1.95. The molecule has 0 aromatic heterocycles. The summed E-state index contributed by atoms with van der Waals surface area (Å²) in [4.78, 5) is 14.2. The van der Waals surface area contributed by atoms with Crippen LogP contribution >= 0.6 is 0 Å². The van der Waals surface area contributed by atoms with Crippen molar-refractivity contribution in [1.29, 1.82) is 0 Å². The van der Waals surface area contributed by atoms with Crippen LogP contribution in [0.15, 0.2) is 24.3 Å². The molecule has 116 valence electrons. The summed E-state index contributed by atoms with van der Waals surface area (Å²) in [6.07, 6.45) is 4.78. The minimum atomic E-state index is -0.606. The average Bonchev–Trinajstić information content (AvgIpc) is 2.66. The van der Waals surface area contributed by atoms with Gasteiger partial charge >= 0.3 is 0 Å². The number of benzene rings is 1. The van der Waals surface area contributed by atoms with E-state index in [0.29, 0.717) is 19.4 Å². The molecule has 0 spiro atoms. The summed E-state index contributed by atoms with van der Waals surface area (Å²) in [6, 6.07) is 8.53. The van der Waals surface area contributed by atoms with E-state index in [4.69, 9.17) is 0 Å². The molecule has 1 N–H and O–H groups in total. The Bertz CT molecular complexity index is 465. The summed E-state index contributed by atoms with van der Waals surface area (Å²) in [5.74, 6) is 0.215. The van der Waals surface area contributed by atoms with Crippen LogP contribution in [-0.2, 0) is 17.6 Å². The topological polar surface area (TPSA) is 40.5 Å². The van der Waals surface area contributed by atoms with E-state index in [0.717, 1.165) is 32.2 Å². The summed E-state index contributed by atoms with van der Waals surface area (Å²) in [6.45, 7) is 5.48. The average molecular weight is 289 g/mol. The molecule has 1 fully saturated rings. The second kappa shape index (κ2) is 7.08. The highest BCUT2D eigenvalue weighted by molar-refractivity contribution is 5.76. The maximum Gasteiger partial charge on any atom is 0.222 e. The van der Waals surface area contributed by atoms with Gasteiger partial charge in [0.1, 0.15) is 0 Å². The molecule has 1 aromatic carbocycles. The zero-order chi connectivity index (χ0) is 15.3. The summed E-state index contributed by atoms with van der Waals surface area (Å²) in [5, 5.41) is 10.1. The Balaban J connectivity index is 1.83. The third kappa shape index (κ3) is 4.85. The number of nitrogens with zero attached hydrogens (tertiary/aromatic N) is 1. The smallest absolute Gasteiger partial charge is 0.222 e. The van der Waals surface area contributed by atoms with E-state index in [1.165, 1.54) is 11.1 Å². The van der Waals surface area contributed by atoms with Crippen molar-refractivity contribution in [2.24, 2.45) is 0 Å². The Kier molecular flexibility index (Phi) is 5.40. The van der Waals surface area contributed by atoms with Crippen molar-refractivity contribution in [3.8, 4) is 0 Å². The summed E-state index contributed by atoms with van der Waals surface area (Å²) < 4.78 is 0. The first-order valence-corrected chi connectivity index (χ1v) is 8.08. The lowest BCUT2D eigenvalue weighted by molar-refractivity contribution is -0.131. The maximum atomic E-state index is 12.3. The van der Waals surface area contributed by atoms with Gasteiger partial charge in [0.25, 0.3) is 0 Å². The number of rotatable bonds is 4. The van der Waals surface area contributed by atoms with Gasteiger partial charge in [0.05, 0.1) is 5.60 Å². The van der Waals surface area contributed by atoms with Gasteiger partial charge in [-0.05, 0) is 50.2 Å². The van der Waals surface area contributed by atoms with Crippen molar-refractivity contribution in [2.45, 2.75) is 58.0 Å². The molecule has 1 heterocycles. The number of likely N-dealkylation sites (tertiary alicyclic amines) is 1. The van der Waals surface area contributed by atoms with Crippen LogP contribution in [0, 0.1) is 0 Å². The lowest BCUT2D eigenvalue weighted by atomic mass is 9.98. The molecule has 1 amide bonds. The molecular formula is C18H27NO2. The standard InChI is InChI=1S/C18H27NO2/c1-3-15-5-7-16(8-6-15)9-10-17(20)19-13-4-11-18(2,21)12-14-19/h5-8,21H,3-4,9-14H2,1-2H3. The molecule has 0 aliphatic carbocycles. The van der Waals surface area contributed by atoms with E-state index in [1.807, 2.05) is 11.8 Å². The Hall–Kier alpha value is -1.35. The number of aryl methyl sites for hydroxylation is 2. The minimum absolute atomic E-state index is 0.215. The molecule has 2 rings (SSSR count). The van der Waals surface area contributed by atoms with Crippen LogP contribution < -0.4 is 0 Å². The SMILES string of the molecule is CCc1ccc(CCC(=O)N2CCCC(C)(O)CC2)cc1. The van der Waals surface area contributed by atoms with Crippen LogP contribution in [0.2, 0.25) is 0 Å². The first-order chi connectivity index (χ1) is 10.00. The van der Waals surface area contributed by atoms with Crippen LogP contribution in [0.4, 0.5) is 0 Å². The van der Waals surface area contributed by atoms with Crippen LogP contribution in [-0.4, -0.2) is 34.6 Å². The second-order valence-corrected chi connectivity index (χ2v) is 6.40. The van der Waals surface area contributed by atoms with E-state index in [1.54, 1.807) is 0 Å². The fraction of sp³-hybridized carbons (Fsp3) is 0.611. The Morgan fingerprint density at radius 1 is 1.19 bits per heavy atom. The van der Waals surface area contributed by atoms with Gasteiger partial charge < -0.3 is 10.0 Å². The van der Waals surface area contributed by atoms with Crippen LogP contribution in [0.5, 0.6) is 0 Å². The number of carbonyl (C=O) groups excluding carboxylic acids is 1. The molecular weight excluding hydrogens is 262 g/mol. The molecule has 0 bridgehead atoms. The predicted molar refractivity (Wildman–Crippen MR) is 85.2 cm³/mol. The van der Waals surface area contributed by atoms with Gasteiger partial charge in [-0.1, -0.05) is 31.2 Å². The van der Waals surface area contributed by atoms with Crippen molar-refractivity contribution in [3.05, 3.63) is 35.4 Å². The molecule has 1 aromatic rings. The van der Waals surface area contributed by atoms with Crippen molar-refractivity contribution < 1.29 is 9.90 Å². The van der Waals surface area contributed by atoms with Gasteiger partial charge in [-0.25, -0.2) is 0 Å². The molecule has 1 unspecified atom stereocenters. The minimum Gasteiger partial charge on any atom is -0.390 e. The van der Waals surface area contributed by atoms with Crippen molar-refractivity contribution >= 4 is 5.91 Å². The molecule has 1 atom stereocenters. The van der Waals surface area contributed by atoms with E-state index < -0.39 is 5.60 Å². The fourth-order valence-electron chi connectivity index (χ4n) is 2.86. The van der Waals surface area contributed by atoms with Gasteiger partial charge in [0.2, 0.25) is 5.91 Å². The first kappa shape index (κ1) is 16.0. The fourth-order valence-corrected chi connectivity index (χ4v) is 2.86. The van der Waals surface area contributed by atoms with Gasteiger partial charge in [-0.15, -0.1) is 0 Å². The molecule has 21 heavy (non-hydrogen) atoms. The van der Waals surface area contributed by atoms with E-state index in [-0.39, 0.29) is 5.91 Å². The highest BCUT2D eigenvalue weighted by Gasteiger charge is 2.26. The first-order valence-electron chi connectivity index (χ1n) is 8.08. The molecule has 0 radical (unpaired) electrons. The summed E-state index contributed by atoms with van der Waals surface area (Å²) >= 11 is 0. The van der Waals surface area contributed by atoms with Gasteiger partial charge in [-0.3, -0.25) is 4.79 Å². The lowest BCUT2D eigenvalue weighted by Gasteiger charge is -2.22. The largest absolute Gasteiger partial charge is 0.390 e. The monoisotopic (exact) mass is 289 g/mol. The highest BCUT2D eigenvalue weighted by Crippen LogP contribution is 2.22. The molecule has 3 heteroatoms. The zero-order valence-corrected chi connectivity index (χ0v) is 13.3. The Morgan fingerprint density at radius 2 is 1.86 bits per heavy atom. The van der Waals surface area contributed by atoms with Crippen molar-refractivity contribution in [1.82, 2.24) is 4.90 Å². The number of hydrogen-bond donors (Lipinski definition) is 1. The van der Waals surface area contributed by atoms with Gasteiger partial charge in [0, 0.05) is 19.5 Å². The Morgan fingerprint density at radius 3 is 2.52 bits per heavy atom. The van der Waals surface area contributed by atoms with E-state index in [9.17, 15) is 9.90 Å². The quantitative estimate of drug-likeness (QED) is 0.926. The molecule has 1 saturated heterocycles.